The van der Waals surface area contributed by atoms with Crippen molar-refractivity contribution in [3.05, 3.63) is 35.4 Å². The Morgan fingerprint density at radius 3 is 2.88 bits per heavy atom. The molecule has 1 N–H and O–H groups in total. The number of rotatable bonds is 7. The zero-order chi connectivity index (χ0) is 17.7. The molecule has 1 heterocycles. The summed E-state index contributed by atoms with van der Waals surface area (Å²) in [6.07, 6.45) is 0.751. The van der Waals surface area contributed by atoms with E-state index in [9.17, 15) is 14.7 Å². The third-order valence-electron chi connectivity index (χ3n) is 4.10. The quantitative estimate of drug-likeness (QED) is 0.775. The Labute approximate surface area is 141 Å². The molecule has 24 heavy (non-hydrogen) atoms. The van der Waals surface area contributed by atoms with Gasteiger partial charge in [-0.25, -0.2) is 0 Å². The molecule has 1 aliphatic heterocycles. The van der Waals surface area contributed by atoms with Crippen molar-refractivity contribution in [2.45, 2.75) is 38.8 Å². The van der Waals surface area contributed by atoms with Crippen LogP contribution in [0.3, 0.4) is 0 Å². The van der Waals surface area contributed by atoms with Crippen LogP contribution in [0.5, 0.6) is 0 Å². The van der Waals surface area contributed by atoms with E-state index < -0.39 is 17.9 Å². The number of hydrogen-bond acceptors (Lipinski definition) is 4. The third kappa shape index (κ3) is 4.12. The highest BCUT2D eigenvalue weighted by Gasteiger charge is 2.44. The van der Waals surface area contributed by atoms with Gasteiger partial charge in [-0.15, -0.1) is 0 Å². The lowest BCUT2D eigenvalue weighted by Gasteiger charge is -2.27. The van der Waals surface area contributed by atoms with Gasteiger partial charge in [-0.1, -0.05) is 12.1 Å². The summed E-state index contributed by atoms with van der Waals surface area (Å²) in [6, 6.07) is 8.34. The number of hydrogen-bond donors (Lipinski definition) is 1. The van der Waals surface area contributed by atoms with E-state index in [0.29, 0.717) is 30.7 Å². The number of nitrogens with zero attached hydrogens (tertiary/aromatic N) is 2. The fraction of sp³-hybridized carbons (Fsp3) is 0.500. The van der Waals surface area contributed by atoms with E-state index >= 15 is 0 Å². The molecule has 0 saturated carbocycles. The van der Waals surface area contributed by atoms with Crippen LogP contribution in [0.25, 0.3) is 0 Å². The maximum atomic E-state index is 12.3. The average Bonchev–Trinajstić information content (AvgIpc) is 2.88. The van der Waals surface area contributed by atoms with E-state index in [1.165, 1.54) is 0 Å². The lowest BCUT2D eigenvalue weighted by molar-refractivity contribution is -0.142. The van der Waals surface area contributed by atoms with Gasteiger partial charge >= 0.3 is 5.97 Å². The zero-order valence-corrected chi connectivity index (χ0v) is 13.9. The van der Waals surface area contributed by atoms with Crippen LogP contribution in [0.1, 0.15) is 43.9 Å². The van der Waals surface area contributed by atoms with Gasteiger partial charge in [0.15, 0.2) is 0 Å². The molecule has 2 atom stereocenters. The number of carboxylic acid groups (broad SMARTS) is 1. The number of amides is 1. The topological polar surface area (TPSA) is 90.6 Å². The van der Waals surface area contributed by atoms with Gasteiger partial charge in [0.05, 0.1) is 29.7 Å². The molecule has 1 aromatic rings. The highest BCUT2D eigenvalue weighted by molar-refractivity contribution is 5.87. The van der Waals surface area contributed by atoms with Gasteiger partial charge in [0.1, 0.15) is 0 Å². The maximum absolute atomic E-state index is 12.3. The second-order valence-electron chi connectivity index (χ2n) is 6.19. The molecule has 0 aliphatic carbocycles. The van der Waals surface area contributed by atoms with Gasteiger partial charge in [-0.3, -0.25) is 9.59 Å². The van der Waals surface area contributed by atoms with Crippen molar-refractivity contribution in [3.63, 3.8) is 0 Å². The van der Waals surface area contributed by atoms with E-state index in [4.69, 9.17) is 10.00 Å². The summed E-state index contributed by atoms with van der Waals surface area (Å²) in [5.41, 5.74) is 1.15. The number of carbonyl (C=O) groups excluding carboxylic acids is 1. The maximum Gasteiger partial charge on any atom is 0.309 e. The first kappa shape index (κ1) is 18.0. The van der Waals surface area contributed by atoms with Crippen molar-refractivity contribution in [1.82, 2.24) is 4.90 Å². The summed E-state index contributed by atoms with van der Waals surface area (Å²) < 4.78 is 5.49. The van der Waals surface area contributed by atoms with Crippen LogP contribution in [-0.2, 0) is 14.3 Å². The Kier molecular flexibility index (Phi) is 5.93. The van der Waals surface area contributed by atoms with Gasteiger partial charge in [0.2, 0.25) is 5.91 Å². The first-order valence-electron chi connectivity index (χ1n) is 8.08. The Balaban J connectivity index is 2.21. The number of nitriles is 1. The summed E-state index contributed by atoms with van der Waals surface area (Å²) in [5, 5.41) is 18.5. The molecule has 1 aliphatic rings. The fourth-order valence-corrected chi connectivity index (χ4v) is 3.03. The summed E-state index contributed by atoms with van der Waals surface area (Å²) in [6.45, 7) is 4.84. The van der Waals surface area contributed by atoms with Gasteiger partial charge in [0.25, 0.3) is 0 Å². The molecule has 1 amide bonds. The van der Waals surface area contributed by atoms with Crippen LogP contribution in [0.15, 0.2) is 24.3 Å². The SMILES string of the molecule is CC(C)OCCCN1C(=O)C[C@H](C(=O)O)[C@H]1c1cccc(C#N)c1. The van der Waals surface area contributed by atoms with Crippen LogP contribution < -0.4 is 0 Å². The summed E-state index contributed by atoms with van der Waals surface area (Å²) >= 11 is 0. The second kappa shape index (κ2) is 7.93. The number of likely N-dealkylation sites (tertiary alicyclic amines) is 1. The number of carboxylic acids is 1. The van der Waals surface area contributed by atoms with Gasteiger partial charge in [-0.05, 0) is 38.0 Å². The van der Waals surface area contributed by atoms with E-state index in [-0.39, 0.29) is 18.4 Å². The van der Waals surface area contributed by atoms with E-state index in [2.05, 4.69) is 6.07 Å². The van der Waals surface area contributed by atoms with Crippen molar-refractivity contribution in [2.75, 3.05) is 13.2 Å². The molecule has 1 aromatic carbocycles. The zero-order valence-electron chi connectivity index (χ0n) is 13.9. The van der Waals surface area contributed by atoms with Crippen LogP contribution in [0, 0.1) is 17.2 Å². The average molecular weight is 330 g/mol. The van der Waals surface area contributed by atoms with Crippen molar-refractivity contribution in [3.8, 4) is 6.07 Å². The number of benzene rings is 1. The van der Waals surface area contributed by atoms with E-state index in [1.54, 1.807) is 29.2 Å². The first-order chi connectivity index (χ1) is 11.4. The van der Waals surface area contributed by atoms with Crippen molar-refractivity contribution in [1.29, 1.82) is 5.26 Å². The van der Waals surface area contributed by atoms with Crippen molar-refractivity contribution in [2.24, 2.45) is 5.92 Å². The molecule has 0 unspecified atom stereocenters. The Bertz CT molecular complexity index is 651. The molecule has 0 aromatic heterocycles. The van der Waals surface area contributed by atoms with E-state index in [1.807, 2.05) is 13.8 Å². The predicted octanol–water partition coefficient (Wildman–Crippen LogP) is 2.35. The largest absolute Gasteiger partial charge is 0.481 e. The molecule has 1 saturated heterocycles. The second-order valence-corrected chi connectivity index (χ2v) is 6.19. The van der Waals surface area contributed by atoms with Crippen LogP contribution in [0.2, 0.25) is 0 Å². The fourth-order valence-electron chi connectivity index (χ4n) is 3.03. The smallest absolute Gasteiger partial charge is 0.309 e. The lowest BCUT2D eigenvalue weighted by Crippen LogP contribution is -2.32. The molecule has 0 bridgehead atoms. The highest BCUT2D eigenvalue weighted by atomic mass is 16.5. The number of ether oxygens (including phenoxy) is 1. The van der Waals surface area contributed by atoms with E-state index in [0.717, 1.165) is 0 Å². The van der Waals surface area contributed by atoms with Crippen LogP contribution in [-0.4, -0.2) is 41.1 Å². The molecule has 6 nitrogen and oxygen atoms in total. The lowest BCUT2D eigenvalue weighted by atomic mass is 9.93. The third-order valence-corrected chi connectivity index (χ3v) is 4.10. The Hall–Kier alpha value is -2.39. The first-order valence-corrected chi connectivity index (χ1v) is 8.08. The van der Waals surface area contributed by atoms with Crippen LogP contribution >= 0.6 is 0 Å². The Morgan fingerprint density at radius 2 is 2.25 bits per heavy atom. The Morgan fingerprint density at radius 1 is 1.50 bits per heavy atom. The molecule has 0 spiro atoms. The minimum Gasteiger partial charge on any atom is -0.481 e. The molecule has 0 radical (unpaired) electrons. The normalized spacial score (nSPS) is 20.4. The van der Waals surface area contributed by atoms with Crippen molar-refractivity contribution >= 4 is 11.9 Å². The summed E-state index contributed by atoms with van der Waals surface area (Å²) in [5.74, 6) is -1.95. The molecular weight excluding hydrogens is 308 g/mol. The summed E-state index contributed by atoms with van der Waals surface area (Å²) in [7, 11) is 0. The molecule has 6 heteroatoms. The highest BCUT2D eigenvalue weighted by Crippen LogP contribution is 2.38. The minimum absolute atomic E-state index is 0.0121. The summed E-state index contributed by atoms with van der Waals surface area (Å²) in [4.78, 5) is 25.5. The number of aliphatic carboxylic acids is 1. The molecule has 2 rings (SSSR count). The van der Waals surface area contributed by atoms with Crippen molar-refractivity contribution < 1.29 is 19.4 Å². The molecule has 128 valence electrons. The van der Waals surface area contributed by atoms with Gasteiger partial charge < -0.3 is 14.7 Å². The molecular formula is C18H22N2O4. The standard InChI is InChI=1S/C18H22N2O4/c1-12(2)24-8-4-7-20-16(21)10-15(18(22)23)17(20)14-6-3-5-13(9-14)11-19/h3,5-6,9,12,15,17H,4,7-8,10H2,1-2H3,(H,22,23)/t15-,17+/m0/s1. The monoisotopic (exact) mass is 330 g/mol. The van der Waals surface area contributed by atoms with Gasteiger partial charge in [-0.2, -0.15) is 5.26 Å². The van der Waals surface area contributed by atoms with Crippen LogP contribution in [0.4, 0.5) is 0 Å². The van der Waals surface area contributed by atoms with Gasteiger partial charge in [0, 0.05) is 19.6 Å². The minimum atomic E-state index is -0.989. The molecule has 1 fully saturated rings. The number of carbonyl (C=O) groups is 2. The predicted molar refractivity (Wildman–Crippen MR) is 87.1 cm³/mol.